The molecular weight excluding hydrogens is 192 g/mol. The molecule has 2 fully saturated rings. The van der Waals surface area contributed by atoms with Gasteiger partial charge in [-0.05, 0) is 12.3 Å². The van der Waals surface area contributed by atoms with Gasteiger partial charge in [-0.2, -0.15) is 0 Å². The molecular formula is C11H22N2O2. The van der Waals surface area contributed by atoms with Gasteiger partial charge in [-0.1, -0.05) is 6.92 Å². The average Bonchev–Trinajstić information content (AvgIpc) is 2.30. The fourth-order valence-corrected chi connectivity index (χ4v) is 2.04. The van der Waals surface area contributed by atoms with Crippen LogP contribution in [0.4, 0.5) is 0 Å². The Balaban J connectivity index is 1.60. The van der Waals surface area contributed by atoms with Crippen LogP contribution >= 0.6 is 0 Å². The van der Waals surface area contributed by atoms with E-state index in [1.165, 1.54) is 0 Å². The van der Waals surface area contributed by atoms with Crippen molar-refractivity contribution in [3.63, 3.8) is 0 Å². The molecule has 1 N–H and O–H groups in total. The predicted octanol–water partition coefficient (Wildman–Crippen LogP) is 0.291. The van der Waals surface area contributed by atoms with Gasteiger partial charge in [-0.3, -0.25) is 10.2 Å². The molecule has 88 valence electrons. The van der Waals surface area contributed by atoms with Crippen LogP contribution < -0.4 is 5.32 Å². The summed E-state index contributed by atoms with van der Waals surface area (Å²) in [6, 6.07) is 0. The maximum atomic E-state index is 5.71. The SMILES string of the molecule is CC1CNC(CCN2CCOCC2)OC1. The fraction of sp³-hybridized carbons (Fsp3) is 1.00. The molecule has 0 amide bonds. The van der Waals surface area contributed by atoms with Gasteiger partial charge in [0.1, 0.15) is 6.23 Å². The van der Waals surface area contributed by atoms with Gasteiger partial charge >= 0.3 is 0 Å². The molecule has 2 unspecified atom stereocenters. The van der Waals surface area contributed by atoms with Crippen molar-refractivity contribution < 1.29 is 9.47 Å². The third kappa shape index (κ3) is 3.72. The van der Waals surface area contributed by atoms with Crippen LogP contribution in [0.25, 0.3) is 0 Å². The standard InChI is InChI=1S/C11H22N2O2/c1-10-8-12-11(15-9-10)2-3-13-4-6-14-7-5-13/h10-12H,2-9H2,1H3. The molecule has 2 aliphatic rings. The first kappa shape index (κ1) is 11.3. The van der Waals surface area contributed by atoms with Crippen molar-refractivity contribution in [1.29, 1.82) is 0 Å². The van der Waals surface area contributed by atoms with Crippen LogP contribution in [0.3, 0.4) is 0 Å². The lowest BCUT2D eigenvalue weighted by molar-refractivity contribution is -0.0376. The number of nitrogens with zero attached hydrogens (tertiary/aromatic N) is 1. The van der Waals surface area contributed by atoms with E-state index >= 15 is 0 Å². The minimum atomic E-state index is 0.268. The molecule has 2 aliphatic heterocycles. The van der Waals surface area contributed by atoms with Crippen LogP contribution in [0.15, 0.2) is 0 Å². The first-order valence-electron chi connectivity index (χ1n) is 5.99. The lowest BCUT2D eigenvalue weighted by atomic mass is 10.1. The van der Waals surface area contributed by atoms with Gasteiger partial charge in [-0.15, -0.1) is 0 Å². The zero-order chi connectivity index (χ0) is 10.5. The molecule has 0 aromatic heterocycles. The van der Waals surface area contributed by atoms with Crippen LogP contribution in [0.2, 0.25) is 0 Å². The number of ether oxygens (including phenoxy) is 2. The molecule has 2 rings (SSSR count). The van der Waals surface area contributed by atoms with Gasteiger partial charge in [-0.25, -0.2) is 0 Å². The Morgan fingerprint density at radius 3 is 2.80 bits per heavy atom. The Kier molecular flexibility index (Phi) is 4.38. The van der Waals surface area contributed by atoms with Crippen molar-refractivity contribution in [3.8, 4) is 0 Å². The van der Waals surface area contributed by atoms with Crippen molar-refractivity contribution in [1.82, 2.24) is 10.2 Å². The van der Waals surface area contributed by atoms with Gasteiger partial charge in [0.05, 0.1) is 19.8 Å². The first-order valence-corrected chi connectivity index (χ1v) is 5.99. The summed E-state index contributed by atoms with van der Waals surface area (Å²) in [4.78, 5) is 2.45. The highest BCUT2D eigenvalue weighted by atomic mass is 16.5. The second kappa shape index (κ2) is 5.80. The summed E-state index contributed by atoms with van der Waals surface area (Å²) in [5, 5.41) is 3.43. The van der Waals surface area contributed by atoms with Gasteiger partial charge < -0.3 is 9.47 Å². The molecule has 4 heteroatoms. The second-order valence-electron chi connectivity index (χ2n) is 4.58. The normalized spacial score (nSPS) is 34.2. The number of hydrogen-bond acceptors (Lipinski definition) is 4. The Morgan fingerprint density at radius 2 is 2.13 bits per heavy atom. The summed E-state index contributed by atoms with van der Waals surface area (Å²) < 4.78 is 11.0. The van der Waals surface area contributed by atoms with Crippen LogP contribution in [-0.2, 0) is 9.47 Å². The molecule has 0 bridgehead atoms. The molecule has 4 nitrogen and oxygen atoms in total. The third-order valence-corrected chi connectivity index (χ3v) is 3.09. The number of nitrogens with one attached hydrogen (secondary N) is 1. The monoisotopic (exact) mass is 214 g/mol. The zero-order valence-corrected chi connectivity index (χ0v) is 9.58. The lowest BCUT2D eigenvalue weighted by Crippen LogP contribution is -2.45. The molecule has 2 saturated heterocycles. The van der Waals surface area contributed by atoms with Crippen LogP contribution in [0, 0.1) is 5.92 Å². The first-order chi connectivity index (χ1) is 7.34. The van der Waals surface area contributed by atoms with E-state index in [0.29, 0.717) is 5.92 Å². The summed E-state index contributed by atoms with van der Waals surface area (Å²) in [5.74, 6) is 0.657. The van der Waals surface area contributed by atoms with Crippen LogP contribution in [0.1, 0.15) is 13.3 Å². The van der Waals surface area contributed by atoms with Crippen molar-refractivity contribution in [2.75, 3.05) is 46.0 Å². The number of rotatable bonds is 3. The summed E-state index contributed by atoms with van der Waals surface area (Å²) in [7, 11) is 0. The van der Waals surface area contributed by atoms with E-state index in [1.54, 1.807) is 0 Å². The Labute approximate surface area is 91.9 Å². The summed E-state index contributed by atoms with van der Waals surface area (Å²) in [6.45, 7) is 9.24. The maximum Gasteiger partial charge on any atom is 0.109 e. The lowest BCUT2D eigenvalue weighted by Gasteiger charge is -2.31. The van der Waals surface area contributed by atoms with E-state index in [0.717, 1.165) is 52.4 Å². The van der Waals surface area contributed by atoms with E-state index in [4.69, 9.17) is 9.47 Å². The van der Waals surface area contributed by atoms with Gasteiger partial charge in [0.25, 0.3) is 0 Å². The molecule has 0 aromatic rings. The summed E-state index contributed by atoms with van der Waals surface area (Å²) in [5.41, 5.74) is 0. The van der Waals surface area contributed by atoms with Crippen LogP contribution in [0.5, 0.6) is 0 Å². The average molecular weight is 214 g/mol. The summed E-state index contributed by atoms with van der Waals surface area (Å²) >= 11 is 0. The minimum Gasteiger partial charge on any atom is -0.379 e. The van der Waals surface area contributed by atoms with Crippen molar-refractivity contribution in [3.05, 3.63) is 0 Å². The topological polar surface area (TPSA) is 33.7 Å². The largest absolute Gasteiger partial charge is 0.379 e. The van der Waals surface area contributed by atoms with Gasteiger partial charge in [0.2, 0.25) is 0 Å². The molecule has 0 saturated carbocycles. The maximum absolute atomic E-state index is 5.71. The molecule has 0 radical (unpaired) electrons. The highest BCUT2D eigenvalue weighted by Gasteiger charge is 2.19. The molecule has 15 heavy (non-hydrogen) atoms. The smallest absolute Gasteiger partial charge is 0.109 e. The summed E-state index contributed by atoms with van der Waals surface area (Å²) in [6.07, 6.45) is 1.36. The Bertz CT molecular complexity index is 175. The molecule has 0 aliphatic carbocycles. The third-order valence-electron chi connectivity index (χ3n) is 3.09. The van der Waals surface area contributed by atoms with Gasteiger partial charge in [0, 0.05) is 26.2 Å². The fourth-order valence-electron chi connectivity index (χ4n) is 2.04. The second-order valence-corrected chi connectivity index (χ2v) is 4.58. The van der Waals surface area contributed by atoms with E-state index in [9.17, 15) is 0 Å². The Morgan fingerprint density at radius 1 is 1.33 bits per heavy atom. The van der Waals surface area contributed by atoms with Gasteiger partial charge in [0.15, 0.2) is 0 Å². The van der Waals surface area contributed by atoms with Crippen molar-refractivity contribution in [2.45, 2.75) is 19.6 Å². The zero-order valence-electron chi connectivity index (χ0n) is 9.58. The highest BCUT2D eigenvalue weighted by Crippen LogP contribution is 2.08. The van der Waals surface area contributed by atoms with Crippen molar-refractivity contribution in [2.24, 2.45) is 5.92 Å². The molecule has 2 heterocycles. The minimum absolute atomic E-state index is 0.268. The van der Waals surface area contributed by atoms with E-state index in [-0.39, 0.29) is 6.23 Å². The van der Waals surface area contributed by atoms with E-state index < -0.39 is 0 Å². The predicted molar refractivity (Wildman–Crippen MR) is 58.8 cm³/mol. The number of hydrogen-bond donors (Lipinski definition) is 1. The molecule has 2 atom stereocenters. The van der Waals surface area contributed by atoms with Crippen molar-refractivity contribution >= 4 is 0 Å². The quantitative estimate of drug-likeness (QED) is 0.732. The number of morpholine rings is 1. The highest BCUT2D eigenvalue weighted by molar-refractivity contribution is 4.70. The van der Waals surface area contributed by atoms with E-state index in [1.807, 2.05) is 0 Å². The van der Waals surface area contributed by atoms with Crippen LogP contribution in [-0.4, -0.2) is 57.1 Å². The molecule has 0 spiro atoms. The molecule has 0 aromatic carbocycles. The van der Waals surface area contributed by atoms with E-state index in [2.05, 4.69) is 17.1 Å². The Hall–Kier alpha value is -0.160.